The number of nitrogens with zero attached hydrogens (tertiary/aromatic N) is 2. The highest BCUT2D eigenvalue weighted by Gasteiger charge is 2.29. The maximum Gasteiger partial charge on any atom is 0.0235 e. The highest BCUT2D eigenvalue weighted by atomic mass is 15.3. The highest BCUT2D eigenvalue weighted by Crippen LogP contribution is 2.22. The second-order valence-corrected chi connectivity index (χ2v) is 6.47. The van der Waals surface area contributed by atoms with Gasteiger partial charge in [-0.1, -0.05) is 0 Å². The molecule has 0 bridgehead atoms. The Labute approximate surface area is 112 Å². The lowest BCUT2D eigenvalue weighted by Crippen LogP contribution is -2.36. The number of hydrogen-bond acceptors (Lipinski definition) is 3. The Morgan fingerprint density at radius 3 is 2.50 bits per heavy atom. The zero-order chi connectivity index (χ0) is 12.2. The molecule has 0 amide bonds. The van der Waals surface area contributed by atoms with Gasteiger partial charge in [0.15, 0.2) is 0 Å². The molecule has 0 aliphatic carbocycles. The Morgan fingerprint density at radius 2 is 1.72 bits per heavy atom. The quantitative estimate of drug-likeness (QED) is 0.818. The molecule has 104 valence electrons. The maximum absolute atomic E-state index is 3.47. The Balaban J connectivity index is 1.36. The van der Waals surface area contributed by atoms with Crippen LogP contribution in [0, 0.1) is 5.92 Å². The minimum atomic E-state index is 0.889. The molecule has 3 aliphatic heterocycles. The third kappa shape index (κ3) is 3.25. The Kier molecular flexibility index (Phi) is 4.55. The lowest BCUT2D eigenvalue weighted by molar-refractivity contribution is 0.221. The first-order valence-electron chi connectivity index (χ1n) is 8.09. The van der Waals surface area contributed by atoms with Crippen LogP contribution in [0.1, 0.15) is 38.5 Å². The van der Waals surface area contributed by atoms with Crippen molar-refractivity contribution in [2.45, 2.75) is 44.6 Å². The summed E-state index contributed by atoms with van der Waals surface area (Å²) >= 11 is 0. The third-order valence-electron chi connectivity index (χ3n) is 5.22. The van der Waals surface area contributed by atoms with Gasteiger partial charge in [0.25, 0.3) is 0 Å². The van der Waals surface area contributed by atoms with Crippen molar-refractivity contribution in [3.05, 3.63) is 0 Å². The predicted octanol–water partition coefficient (Wildman–Crippen LogP) is 1.55. The molecule has 1 atom stereocenters. The second-order valence-electron chi connectivity index (χ2n) is 6.47. The molecule has 0 aromatic heterocycles. The van der Waals surface area contributed by atoms with E-state index >= 15 is 0 Å². The number of likely N-dealkylation sites (tertiary alicyclic amines) is 2. The van der Waals surface area contributed by atoms with Crippen molar-refractivity contribution in [3.63, 3.8) is 0 Å². The molecule has 3 aliphatic rings. The van der Waals surface area contributed by atoms with Crippen LogP contribution < -0.4 is 5.32 Å². The van der Waals surface area contributed by atoms with E-state index in [0.717, 1.165) is 12.0 Å². The molecule has 0 aromatic carbocycles. The summed E-state index contributed by atoms with van der Waals surface area (Å²) in [4.78, 5) is 5.47. The molecule has 0 spiro atoms. The summed E-state index contributed by atoms with van der Waals surface area (Å²) in [7, 11) is 0. The smallest absolute Gasteiger partial charge is 0.0235 e. The van der Waals surface area contributed by atoms with Crippen LogP contribution in [0.3, 0.4) is 0 Å². The van der Waals surface area contributed by atoms with Crippen molar-refractivity contribution in [1.82, 2.24) is 15.1 Å². The maximum atomic E-state index is 3.47. The molecule has 3 heteroatoms. The zero-order valence-corrected chi connectivity index (χ0v) is 11.7. The van der Waals surface area contributed by atoms with Gasteiger partial charge in [0.1, 0.15) is 0 Å². The summed E-state index contributed by atoms with van der Waals surface area (Å²) in [5, 5.41) is 3.47. The molecule has 0 radical (unpaired) electrons. The minimum absolute atomic E-state index is 0.889. The lowest BCUT2D eigenvalue weighted by Gasteiger charge is -2.26. The molecule has 3 heterocycles. The van der Waals surface area contributed by atoms with E-state index < -0.39 is 0 Å². The summed E-state index contributed by atoms with van der Waals surface area (Å²) in [5.41, 5.74) is 0. The van der Waals surface area contributed by atoms with Crippen molar-refractivity contribution in [2.24, 2.45) is 5.92 Å². The number of hydrogen-bond donors (Lipinski definition) is 1. The summed E-state index contributed by atoms with van der Waals surface area (Å²) in [5.74, 6) is 0.997. The van der Waals surface area contributed by atoms with Gasteiger partial charge in [0.2, 0.25) is 0 Å². The first kappa shape index (κ1) is 12.9. The van der Waals surface area contributed by atoms with E-state index in [9.17, 15) is 0 Å². The van der Waals surface area contributed by atoms with E-state index in [2.05, 4.69) is 15.1 Å². The SMILES string of the molecule is C1CCN(C2CCN(CCC3CCNCC3)C2)C1. The fourth-order valence-corrected chi connectivity index (χ4v) is 3.96. The fourth-order valence-electron chi connectivity index (χ4n) is 3.96. The molecule has 3 saturated heterocycles. The van der Waals surface area contributed by atoms with E-state index in [1.165, 1.54) is 84.3 Å². The summed E-state index contributed by atoms with van der Waals surface area (Å²) in [6.07, 6.45) is 8.55. The van der Waals surface area contributed by atoms with E-state index in [4.69, 9.17) is 0 Å². The predicted molar refractivity (Wildman–Crippen MR) is 75.9 cm³/mol. The molecular formula is C15H29N3. The normalized spacial score (nSPS) is 32.3. The van der Waals surface area contributed by atoms with Crippen LogP contribution in [0.2, 0.25) is 0 Å². The van der Waals surface area contributed by atoms with Gasteiger partial charge in [-0.15, -0.1) is 0 Å². The van der Waals surface area contributed by atoms with E-state index in [-0.39, 0.29) is 0 Å². The topological polar surface area (TPSA) is 18.5 Å². The molecule has 18 heavy (non-hydrogen) atoms. The Bertz CT molecular complexity index is 244. The van der Waals surface area contributed by atoms with Gasteiger partial charge >= 0.3 is 0 Å². The van der Waals surface area contributed by atoms with Gasteiger partial charge < -0.3 is 10.2 Å². The van der Waals surface area contributed by atoms with Crippen molar-refractivity contribution >= 4 is 0 Å². The summed E-state index contributed by atoms with van der Waals surface area (Å²) < 4.78 is 0. The molecule has 1 unspecified atom stereocenters. The van der Waals surface area contributed by atoms with Crippen molar-refractivity contribution in [3.8, 4) is 0 Å². The first-order chi connectivity index (χ1) is 8.92. The molecular weight excluding hydrogens is 222 g/mol. The van der Waals surface area contributed by atoms with Crippen LogP contribution in [-0.2, 0) is 0 Å². The molecule has 3 nitrogen and oxygen atoms in total. The Hall–Kier alpha value is -0.120. The Morgan fingerprint density at radius 1 is 0.944 bits per heavy atom. The van der Waals surface area contributed by atoms with Gasteiger partial charge in [-0.2, -0.15) is 0 Å². The van der Waals surface area contributed by atoms with Crippen LogP contribution in [0.25, 0.3) is 0 Å². The highest BCUT2D eigenvalue weighted by molar-refractivity contribution is 4.86. The van der Waals surface area contributed by atoms with Crippen LogP contribution in [0.4, 0.5) is 0 Å². The summed E-state index contributed by atoms with van der Waals surface area (Å²) in [6.45, 7) is 9.30. The first-order valence-corrected chi connectivity index (χ1v) is 8.09. The largest absolute Gasteiger partial charge is 0.317 e. The van der Waals surface area contributed by atoms with Crippen LogP contribution >= 0.6 is 0 Å². The monoisotopic (exact) mass is 251 g/mol. The van der Waals surface area contributed by atoms with Gasteiger partial charge in [0, 0.05) is 12.6 Å². The third-order valence-corrected chi connectivity index (χ3v) is 5.22. The standard InChI is InChI=1S/C15H29N3/c1-2-10-18(9-1)15-6-12-17(13-15)11-5-14-3-7-16-8-4-14/h14-16H,1-13H2. The van der Waals surface area contributed by atoms with Gasteiger partial charge in [0.05, 0.1) is 0 Å². The van der Waals surface area contributed by atoms with Crippen molar-refractivity contribution in [2.75, 3.05) is 45.8 Å². The molecule has 0 aromatic rings. The molecule has 0 saturated carbocycles. The number of nitrogens with one attached hydrogen (secondary N) is 1. The zero-order valence-electron chi connectivity index (χ0n) is 11.7. The van der Waals surface area contributed by atoms with E-state index in [1.807, 2.05) is 0 Å². The molecule has 3 fully saturated rings. The minimum Gasteiger partial charge on any atom is -0.317 e. The molecule has 3 rings (SSSR count). The second kappa shape index (κ2) is 6.36. The fraction of sp³-hybridized carbons (Fsp3) is 1.00. The summed E-state index contributed by atoms with van der Waals surface area (Å²) in [6, 6.07) is 0.889. The van der Waals surface area contributed by atoms with Crippen molar-refractivity contribution in [1.29, 1.82) is 0 Å². The molecule has 1 N–H and O–H groups in total. The average molecular weight is 251 g/mol. The van der Waals surface area contributed by atoms with Crippen LogP contribution in [-0.4, -0.2) is 61.7 Å². The van der Waals surface area contributed by atoms with Gasteiger partial charge in [-0.3, -0.25) is 4.90 Å². The van der Waals surface area contributed by atoms with Crippen LogP contribution in [0.15, 0.2) is 0 Å². The number of rotatable bonds is 4. The number of piperidine rings is 1. The lowest BCUT2D eigenvalue weighted by atomic mass is 9.94. The van der Waals surface area contributed by atoms with Crippen LogP contribution in [0.5, 0.6) is 0 Å². The van der Waals surface area contributed by atoms with Gasteiger partial charge in [-0.05, 0) is 83.7 Å². The van der Waals surface area contributed by atoms with Gasteiger partial charge in [-0.25, -0.2) is 0 Å². The van der Waals surface area contributed by atoms with E-state index in [0.29, 0.717) is 0 Å². The van der Waals surface area contributed by atoms with E-state index in [1.54, 1.807) is 0 Å². The van der Waals surface area contributed by atoms with Crippen molar-refractivity contribution < 1.29 is 0 Å². The average Bonchev–Trinajstić information content (AvgIpc) is 3.08.